The molecule has 0 atom stereocenters. The fourth-order valence-electron chi connectivity index (χ4n) is 3.73. The van der Waals surface area contributed by atoms with Gasteiger partial charge in [-0.2, -0.15) is 0 Å². The van der Waals surface area contributed by atoms with Crippen molar-refractivity contribution in [3.63, 3.8) is 0 Å². The average molecular weight is 555 g/mol. The van der Waals surface area contributed by atoms with E-state index in [0.29, 0.717) is 32.5 Å². The van der Waals surface area contributed by atoms with Gasteiger partial charge in [0.1, 0.15) is 12.4 Å². The molecule has 168 valence electrons. The Morgan fingerprint density at radius 1 is 1.10 bits per heavy atom. The largest absolute Gasteiger partial charge is 0.491 e. The molecular weight excluding hydrogens is 526 g/mol. The van der Waals surface area contributed by atoms with Gasteiger partial charge in [0, 0.05) is 40.7 Å². The molecule has 1 aliphatic heterocycles. The lowest BCUT2D eigenvalue weighted by molar-refractivity contribution is -0.0278. The summed E-state index contributed by atoms with van der Waals surface area (Å²) in [4.78, 5) is 13.8. The zero-order chi connectivity index (χ0) is 22.3. The fourth-order valence-corrected chi connectivity index (χ4v) is 4.40. The third kappa shape index (κ3) is 6.94. The summed E-state index contributed by atoms with van der Waals surface area (Å²) in [5, 5.41) is 16.6. The summed E-state index contributed by atoms with van der Waals surface area (Å²) >= 11 is 7.00. The van der Waals surface area contributed by atoms with Crippen LogP contribution in [0.4, 0.5) is 4.79 Å². The van der Waals surface area contributed by atoms with Gasteiger partial charge in [-0.25, -0.2) is 4.79 Å². The highest BCUT2D eigenvalue weighted by Crippen LogP contribution is 2.34. The minimum Gasteiger partial charge on any atom is -0.491 e. The molecule has 0 aromatic heterocycles. The van der Waals surface area contributed by atoms with Crippen LogP contribution in [0, 0.1) is 0 Å². The van der Waals surface area contributed by atoms with Crippen LogP contribution in [0.1, 0.15) is 30.9 Å². The van der Waals surface area contributed by atoms with Crippen LogP contribution < -0.4 is 15.4 Å². The van der Waals surface area contributed by atoms with Crippen molar-refractivity contribution < 1.29 is 14.6 Å². The lowest BCUT2D eigenvalue weighted by atomic mass is 9.84. The number of nitrogens with zero attached hydrogens (tertiary/aromatic N) is 1. The van der Waals surface area contributed by atoms with Crippen molar-refractivity contribution in [2.45, 2.75) is 31.9 Å². The monoisotopic (exact) mass is 553 g/mol. The van der Waals surface area contributed by atoms with E-state index in [4.69, 9.17) is 4.74 Å². The van der Waals surface area contributed by atoms with E-state index in [0.717, 1.165) is 45.5 Å². The number of likely N-dealkylation sites (tertiary alicyclic amines) is 1. The van der Waals surface area contributed by atoms with E-state index in [1.165, 1.54) is 0 Å². The molecule has 1 heterocycles. The molecule has 0 bridgehead atoms. The van der Waals surface area contributed by atoms with Crippen molar-refractivity contribution in [3.8, 4) is 5.75 Å². The van der Waals surface area contributed by atoms with E-state index in [-0.39, 0.29) is 6.03 Å². The van der Waals surface area contributed by atoms with Gasteiger partial charge in [-0.1, -0.05) is 44.0 Å². The molecule has 0 unspecified atom stereocenters. The van der Waals surface area contributed by atoms with Crippen molar-refractivity contribution >= 4 is 37.9 Å². The second-order valence-corrected chi connectivity index (χ2v) is 9.53. The second kappa shape index (κ2) is 11.3. The Bertz CT molecular complexity index is 869. The third-order valence-electron chi connectivity index (χ3n) is 5.46. The van der Waals surface area contributed by atoms with Crippen molar-refractivity contribution in [1.82, 2.24) is 15.5 Å². The van der Waals surface area contributed by atoms with Crippen molar-refractivity contribution in [2.75, 3.05) is 32.8 Å². The number of aliphatic hydroxyl groups is 1. The highest BCUT2D eigenvalue weighted by Gasteiger charge is 2.34. The number of hydrogen-bond donors (Lipinski definition) is 3. The molecule has 2 aromatic rings. The van der Waals surface area contributed by atoms with Crippen molar-refractivity contribution in [1.29, 1.82) is 0 Å². The predicted octanol–water partition coefficient (Wildman–Crippen LogP) is 4.39. The molecule has 2 aromatic carbocycles. The Balaban J connectivity index is 1.55. The maximum Gasteiger partial charge on any atom is 0.314 e. The number of halogens is 2. The van der Waals surface area contributed by atoms with Gasteiger partial charge in [0.2, 0.25) is 0 Å². The molecule has 1 aliphatic rings. The minimum absolute atomic E-state index is 0.186. The number of ether oxygens (including phenoxy) is 1. The molecule has 3 rings (SSSR count). The van der Waals surface area contributed by atoms with Crippen LogP contribution >= 0.6 is 31.9 Å². The molecule has 6 nitrogen and oxygen atoms in total. The average Bonchev–Trinajstić information content (AvgIpc) is 2.75. The molecule has 2 amide bonds. The van der Waals surface area contributed by atoms with E-state index in [1.54, 1.807) is 0 Å². The molecule has 1 saturated heterocycles. The molecule has 0 aliphatic carbocycles. The van der Waals surface area contributed by atoms with E-state index in [2.05, 4.69) is 53.5 Å². The van der Waals surface area contributed by atoms with Crippen LogP contribution in [-0.2, 0) is 12.1 Å². The Morgan fingerprint density at radius 3 is 2.45 bits per heavy atom. The Kier molecular flexibility index (Phi) is 8.77. The van der Waals surface area contributed by atoms with Crippen LogP contribution in [0.15, 0.2) is 51.4 Å². The summed E-state index contributed by atoms with van der Waals surface area (Å²) in [7, 11) is 0. The van der Waals surface area contributed by atoms with Crippen LogP contribution in [0.25, 0.3) is 0 Å². The topological polar surface area (TPSA) is 73.8 Å². The van der Waals surface area contributed by atoms with Gasteiger partial charge in [0.05, 0.1) is 12.1 Å². The maximum absolute atomic E-state index is 11.5. The Morgan fingerprint density at radius 2 is 1.77 bits per heavy atom. The molecule has 0 radical (unpaired) electrons. The number of hydrogen-bond acceptors (Lipinski definition) is 4. The number of rotatable bonds is 8. The SMILES string of the molecule is CCNC(=O)NCCOc1ccc(Br)cc1CN1CCC(O)(c2ccc(Br)cc2)CC1. The smallest absolute Gasteiger partial charge is 0.314 e. The van der Waals surface area contributed by atoms with Crippen LogP contribution in [0.2, 0.25) is 0 Å². The van der Waals surface area contributed by atoms with E-state index in [9.17, 15) is 9.90 Å². The van der Waals surface area contributed by atoms with Gasteiger partial charge in [-0.05, 0) is 55.7 Å². The molecule has 1 fully saturated rings. The number of urea groups is 1. The first kappa shape index (κ1) is 24.0. The molecular formula is C23H29Br2N3O3. The summed E-state index contributed by atoms with van der Waals surface area (Å²) in [5.74, 6) is 0.814. The van der Waals surface area contributed by atoms with Gasteiger partial charge >= 0.3 is 6.03 Å². The first-order valence-corrected chi connectivity index (χ1v) is 12.1. The first-order chi connectivity index (χ1) is 14.9. The standard InChI is InChI=1S/C23H29Br2N3O3/c1-2-26-22(29)27-11-14-31-21-8-7-20(25)15-17(21)16-28-12-9-23(30,10-13-28)18-3-5-19(24)6-4-18/h3-8,15,30H,2,9-14,16H2,1H3,(H2,26,27,29). The summed E-state index contributed by atoms with van der Waals surface area (Å²) in [6.45, 7) is 5.66. The first-order valence-electron chi connectivity index (χ1n) is 10.5. The number of nitrogens with one attached hydrogen (secondary N) is 2. The van der Waals surface area contributed by atoms with E-state index >= 15 is 0 Å². The lowest BCUT2D eigenvalue weighted by Gasteiger charge is -2.38. The summed E-state index contributed by atoms with van der Waals surface area (Å²) in [6, 6.07) is 13.7. The Hall–Kier alpha value is -1.61. The zero-order valence-electron chi connectivity index (χ0n) is 17.7. The minimum atomic E-state index is -0.779. The number of benzene rings is 2. The van der Waals surface area contributed by atoms with Crippen LogP contribution in [0.5, 0.6) is 5.75 Å². The molecule has 0 spiro atoms. The van der Waals surface area contributed by atoms with Gasteiger partial charge in [0.25, 0.3) is 0 Å². The van der Waals surface area contributed by atoms with Crippen LogP contribution in [-0.4, -0.2) is 48.8 Å². The number of carbonyl (C=O) groups is 1. The molecule has 0 saturated carbocycles. The summed E-state index contributed by atoms with van der Waals surface area (Å²) in [6.07, 6.45) is 1.38. The van der Waals surface area contributed by atoms with Crippen LogP contribution in [0.3, 0.4) is 0 Å². The maximum atomic E-state index is 11.5. The number of carbonyl (C=O) groups excluding carboxylic acids is 1. The quantitative estimate of drug-likeness (QED) is 0.423. The summed E-state index contributed by atoms with van der Waals surface area (Å²) in [5.41, 5.74) is 1.28. The molecule has 8 heteroatoms. The van der Waals surface area contributed by atoms with Gasteiger partial charge in [0.15, 0.2) is 0 Å². The van der Waals surface area contributed by atoms with Crippen molar-refractivity contribution in [3.05, 3.63) is 62.5 Å². The number of piperidine rings is 1. The second-order valence-electron chi connectivity index (χ2n) is 7.70. The summed E-state index contributed by atoms with van der Waals surface area (Å²) < 4.78 is 7.95. The highest BCUT2D eigenvalue weighted by atomic mass is 79.9. The molecule has 31 heavy (non-hydrogen) atoms. The fraction of sp³-hybridized carbons (Fsp3) is 0.435. The normalized spacial score (nSPS) is 16.0. The number of amides is 2. The predicted molar refractivity (Wildman–Crippen MR) is 129 cm³/mol. The third-order valence-corrected chi connectivity index (χ3v) is 6.49. The van der Waals surface area contributed by atoms with Gasteiger partial charge < -0.3 is 20.5 Å². The van der Waals surface area contributed by atoms with Gasteiger partial charge in [-0.15, -0.1) is 0 Å². The van der Waals surface area contributed by atoms with E-state index < -0.39 is 5.60 Å². The zero-order valence-corrected chi connectivity index (χ0v) is 20.8. The van der Waals surface area contributed by atoms with Crippen molar-refractivity contribution in [2.24, 2.45) is 0 Å². The van der Waals surface area contributed by atoms with Gasteiger partial charge in [-0.3, -0.25) is 4.90 Å². The molecule has 3 N–H and O–H groups in total. The van der Waals surface area contributed by atoms with E-state index in [1.807, 2.05) is 43.3 Å². The lowest BCUT2D eigenvalue weighted by Crippen LogP contribution is -2.42. The highest BCUT2D eigenvalue weighted by molar-refractivity contribution is 9.10. The Labute approximate surface area is 200 Å².